The third-order valence-electron chi connectivity index (χ3n) is 4.16. The Hall–Kier alpha value is -2.92. The van der Waals surface area contributed by atoms with Crippen LogP contribution in [0.5, 0.6) is 5.75 Å². The molecule has 2 N–H and O–H groups in total. The Morgan fingerprint density at radius 2 is 2.10 bits per heavy atom. The Bertz CT molecular complexity index is 1050. The van der Waals surface area contributed by atoms with Crippen molar-refractivity contribution in [3.63, 3.8) is 0 Å². The lowest BCUT2D eigenvalue weighted by Gasteiger charge is -2.10. The Morgan fingerprint density at radius 1 is 1.27 bits per heavy atom. The predicted octanol–water partition coefficient (Wildman–Crippen LogP) is 3.79. The molecule has 156 valence electrons. The lowest BCUT2D eigenvalue weighted by atomic mass is 10.3. The van der Waals surface area contributed by atoms with Crippen molar-refractivity contribution in [3.05, 3.63) is 41.8 Å². The molecule has 0 unspecified atom stereocenters. The molecular weight excluding hydrogens is 426 g/mol. The van der Waals surface area contributed by atoms with Gasteiger partial charge in [-0.25, -0.2) is 0 Å². The van der Waals surface area contributed by atoms with Gasteiger partial charge >= 0.3 is 0 Å². The maximum atomic E-state index is 12.3. The van der Waals surface area contributed by atoms with Crippen molar-refractivity contribution in [2.45, 2.75) is 30.0 Å². The summed E-state index contributed by atoms with van der Waals surface area (Å²) in [4.78, 5) is 24.5. The van der Waals surface area contributed by atoms with E-state index in [1.807, 2.05) is 19.1 Å². The highest BCUT2D eigenvalue weighted by atomic mass is 32.2. The molecule has 2 aromatic heterocycles. The minimum atomic E-state index is -0.399. The summed E-state index contributed by atoms with van der Waals surface area (Å²) in [6.45, 7) is 2.39. The van der Waals surface area contributed by atoms with Gasteiger partial charge in [0, 0.05) is 12.0 Å². The largest absolute Gasteiger partial charge is 0.492 e. The summed E-state index contributed by atoms with van der Waals surface area (Å²) in [6.07, 6.45) is 2.13. The monoisotopic (exact) mass is 445 g/mol. The van der Waals surface area contributed by atoms with Gasteiger partial charge < -0.3 is 14.6 Å². The molecule has 1 aliphatic rings. The lowest BCUT2D eigenvalue weighted by Crippen LogP contribution is -2.14. The number of nitrogens with one attached hydrogen (secondary N) is 2. The third kappa shape index (κ3) is 5.16. The van der Waals surface area contributed by atoms with Gasteiger partial charge in [0.05, 0.1) is 18.0 Å². The van der Waals surface area contributed by atoms with E-state index in [2.05, 4.69) is 26.0 Å². The Labute approximate surface area is 180 Å². The van der Waals surface area contributed by atoms with Gasteiger partial charge in [0.1, 0.15) is 11.5 Å². The van der Waals surface area contributed by atoms with Crippen molar-refractivity contribution in [3.8, 4) is 5.75 Å². The van der Waals surface area contributed by atoms with Crippen LogP contribution in [0.3, 0.4) is 0 Å². The standard InChI is InChI=1S/C19H19N5O4S2/c1-2-27-14-6-4-3-5-12(14)20-16(25)10-29-19-23-22-18(30-19)21-17(26)13-9-15(28-24-13)11-7-8-11/h3-6,9,11H,2,7-8,10H2,1H3,(H,20,25)(H,21,22,26). The molecule has 1 fully saturated rings. The molecule has 0 saturated heterocycles. The van der Waals surface area contributed by atoms with E-state index in [1.54, 1.807) is 18.2 Å². The number of carbonyl (C=O) groups excluding carboxylic acids is 2. The van der Waals surface area contributed by atoms with Crippen LogP contribution < -0.4 is 15.4 Å². The van der Waals surface area contributed by atoms with Crippen molar-refractivity contribution < 1.29 is 18.8 Å². The molecule has 9 nitrogen and oxygen atoms in total. The first kappa shape index (κ1) is 20.4. The quantitative estimate of drug-likeness (QED) is 0.377. The van der Waals surface area contributed by atoms with Crippen LogP contribution in [-0.2, 0) is 4.79 Å². The maximum absolute atomic E-state index is 12.3. The summed E-state index contributed by atoms with van der Waals surface area (Å²) >= 11 is 2.42. The zero-order valence-electron chi connectivity index (χ0n) is 16.1. The fourth-order valence-corrected chi connectivity index (χ4v) is 4.15. The van der Waals surface area contributed by atoms with Crippen LogP contribution >= 0.6 is 23.1 Å². The second kappa shape index (κ2) is 9.26. The summed E-state index contributed by atoms with van der Waals surface area (Å²) in [7, 11) is 0. The van der Waals surface area contributed by atoms with E-state index in [1.165, 1.54) is 23.1 Å². The highest BCUT2D eigenvalue weighted by molar-refractivity contribution is 8.01. The molecule has 0 atom stereocenters. The van der Waals surface area contributed by atoms with E-state index in [9.17, 15) is 9.59 Å². The number of amides is 2. The van der Waals surface area contributed by atoms with Crippen LogP contribution in [0.4, 0.5) is 10.8 Å². The van der Waals surface area contributed by atoms with Crippen LogP contribution in [0.2, 0.25) is 0 Å². The molecule has 1 aliphatic carbocycles. The number of thioether (sulfide) groups is 1. The fraction of sp³-hybridized carbons (Fsp3) is 0.316. The molecule has 0 bridgehead atoms. The molecule has 1 saturated carbocycles. The second-order valence-electron chi connectivity index (χ2n) is 6.48. The highest BCUT2D eigenvalue weighted by Crippen LogP contribution is 2.40. The van der Waals surface area contributed by atoms with Gasteiger partial charge in [0.2, 0.25) is 11.0 Å². The van der Waals surface area contributed by atoms with Crippen LogP contribution in [0.15, 0.2) is 39.2 Å². The van der Waals surface area contributed by atoms with E-state index in [4.69, 9.17) is 9.26 Å². The van der Waals surface area contributed by atoms with Crippen molar-refractivity contribution >= 4 is 45.7 Å². The molecule has 3 aromatic rings. The van der Waals surface area contributed by atoms with Crippen LogP contribution in [0, 0.1) is 0 Å². The number of nitrogens with zero attached hydrogens (tertiary/aromatic N) is 3. The zero-order valence-corrected chi connectivity index (χ0v) is 17.7. The Balaban J connectivity index is 1.28. The first-order valence-electron chi connectivity index (χ1n) is 9.38. The highest BCUT2D eigenvalue weighted by Gasteiger charge is 2.29. The van der Waals surface area contributed by atoms with Gasteiger partial charge in [-0.3, -0.25) is 14.9 Å². The predicted molar refractivity (Wildman–Crippen MR) is 113 cm³/mol. The molecule has 30 heavy (non-hydrogen) atoms. The molecule has 1 aromatic carbocycles. The number of aromatic nitrogens is 3. The average Bonchev–Trinajstić information content (AvgIpc) is 3.29. The topological polar surface area (TPSA) is 119 Å². The van der Waals surface area contributed by atoms with Crippen molar-refractivity contribution in [1.82, 2.24) is 15.4 Å². The van der Waals surface area contributed by atoms with Crippen molar-refractivity contribution in [1.29, 1.82) is 0 Å². The third-order valence-corrected chi connectivity index (χ3v) is 6.13. The number of benzene rings is 1. The minimum absolute atomic E-state index is 0.150. The molecule has 11 heteroatoms. The molecule has 2 amide bonds. The van der Waals surface area contributed by atoms with Gasteiger partial charge in [0.25, 0.3) is 5.91 Å². The van der Waals surface area contributed by atoms with Crippen molar-refractivity contribution in [2.75, 3.05) is 23.0 Å². The first-order chi connectivity index (χ1) is 14.6. The molecule has 0 aliphatic heterocycles. The van der Waals surface area contributed by atoms with E-state index >= 15 is 0 Å². The van der Waals surface area contributed by atoms with E-state index in [-0.39, 0.29) is 17.4 Å². The summed E-state index contributed by atoms with van der Waals surface area (Å²) in [5.74, 6) is 1.31. The fourth-order valence-electron chi connectivity index (χ4n) is 2.60. The summed E-state index contributed by atoms with van der Waals surface area (Å²) in [6, 6.07) is 8.92. The van der Waals surface area contributed by atoms with Gasteiger partial charge in [-0.15, -0.1) is 10.2 Å². The van der Waals surface area contributed by atoms with Crippen LogP contribution in [0.1, 0.15) is 41.9 Å². The zero-order chi connectivity index (χ0) is 20.9. The number of rotatable bonds is 9. The van der Waals surface area contributed by atoms with Crippen molar-refractivity contribution in [2.24, 2.45) is 0 Å². The number of carbonyl (C=O) groups is 2. The number of ether oxygens (including phenoxy) is 1. The first-order valence-corrected chi connectivity index (χ1v) is 11.2. The smallest absolute Gasteiger partial charge is 0.279 e. The molecule has 4 rings (SSSR count). The van der Waals surface area contributed by atoms with E-state index in [0.717, 1.165) is 18.6 Å². The molecule has 2 heterocycles. The Kier molecular flexibility index (Phi) is 6.29. The molecular formula is C19H19N5O4S2. The number of anilines is 2. The molecule has 0 radical (unpaired) electrons. The van der Waals surface area contributed by atoms with Gasteiger partial charge in [-0.05, 0) is 31.9 Å². The van der Waals surface area contributed by atoms with E-state index in [0.29, 0.717) is 33.4 Å². The van der Waals surface area contributed by atoms with Gasteiger partial charge in [0.15, 0.2) is 10.0 Å². The average molecular weight is 446 g/mol. The number of para-hydroxylation sites is 2. The lowest BCUT2D eigenvalue weighted by molar-refractivity contribution is -0.113. The van der Waals surface area contributed by atoms with Gasteiger partial charge in [-0.2, -0.15) is 0 Å². The second-order valence-corrected chi connectivity index (χ2v) is 8.68. The summed E-state index contributed by atoms with van der Waals surface area (Å²) in [5, 5.41) is 17.6. The van der Waals surface area contributed by atoms with Crippen LogP contribution in [-0.4, -0.2) is 39.5 Å². The summed E-state index contributed by atoms with van der Waals surface area (Å²) < 4.78 is 11.3. The summed E-state index contributed by atoms with van der Waals surface area (Å²) in [5.41, 5.74) is 0.835. The number of hydrogen-bond acceptors (Lipinski definition) is 9. The van der Waals surface area contributed by atoms with Gasteiger partial charge in [-0.1, -0.05) is 40.4 Å². The normalized spacial score (nSPS) is 13.1. The van der Waals surface area contributed by atoms with Crippen LogP contribution in [0.25, 0.3) is 0 Å². The maximum Gasteiger partial charge on any atom is 0.279 e. The minimum Gasteiger partial charge on any atom is -0.492 e. The SMILES string of the molecule is CCOc1ccccc1NC(=O)CSc1nnc(NC(=O)c2cc(C3CC3)on2)s1. The molecule has 0 spiro atoms. The Morgan fingerprint density at radius 3 is 2.90 bits per heavy atom. The number of hydrogen-bond donors (Lipinski definition) is 2. The van der Waals surface area contributed by atoms with E-state index < -0.39 is 5.91 Å².